The fourth-order valence-corrected chi connectivity index (χ4v) is 5.45. The summed E-state index contributed by atoms with van der Waals surface area (Å²) in [4.78, 5) is 16.3. The van der Waals surface area contributed by atoms with Crippen molar-refractivity contribution in [1.82, 2.24) is 13.9 Å². The first kappa shape index (κ1) is 22.1. The lowest BCUT2D eigenvalue weighted by atomic mass is 10.0. The van der Waals surface area contributed by atoms with E-state index in [-0.39, 0.29) is 23.5 Å². The van der Waals surface area contributed by atoms with E-state index in [0.29, 0.717) is 35.2 Å². The first-order valence-electron chi connectivity index (χ1n) is 10.2. The predicted octanol–water partition coefficient (Wildman–Crippen LogP) is 3.00. The van der Waals surface area contributed by atoms with Crippen LogP contribution in [0.3, 0.4) is 0 Å². The molecule has 1 aliphatic rings. The molecule has 0 spiro atoms. The van der Waals surface area contributed by atoms with Gasteiger partial charge in [0.05, 0.1) is 34.4 Å². The molecule has 168 valence electrons. The molecule has 1 saturated heterocycles. The minimum Gasteiger partial charge on any atom is -0.478 e. The number of hydrogen-bond donors (Lipinski definition) is 2. The van der Waals surface area contributed by atoms with Gasteiger partial charge in [-0.2, -0.15) is 4.31 Å². The molecule has 3 aromatic rings. The molecule has 1 aliphatic heterocycles. The Morgan fingerprint density at radius 2 is 1.97 bits per heavy atom. The average molecular weight is 459 g/mol. The summed E-state index contributed by atoms with van der Waals surface area (Å²) in [6.45, 7) is 0.872. The molecule has 3 N–H and O–H groups in total. The molecule has 8 nitrogen and oxygen atoms in total. The van der Waals surface area contributed by atoms with Gasteiger partial charge in [0.15, 0.2) is 0 Å². The minimum atomic E-state index is -3.64. The zero-order chi connectivity index (χ0) is 22.9. The van der Waals surface area contributed by atoms with E-state index < -0.39 is 21.8 Å². The molecular weight excluding hydrogens is 435 g/mol. The number of carbonyl (C=O) groups is 1. The molecule has 32 heavy (non-hydrogen) atoms. The Hall–Kier alpha value is -3.08. The van der Waals surface area contributed by atoms with Crippen LogP contribution >= 0.6 is 0 Å². The number of imidazole rings is 1. The van der Waals surface area contributed by atoms with Crippen molar-refractivity contribution in [2.75, 3.05) is 19.6 Å². The van der Waals surface area contributed by atoms with Crippen molar-refractivity contribution in [3.05, 3.63) is 60.2 Å². The Bertz CT molecular complexity index is 1310. The number of hydrogen-bond acceptors (Lipinski definition) is 5. The van der Waals surface area contributed by atoms with E-state index in [1.807, 2.05) is 0 Å². The number of benzene rings is 2. The summed E-state index contributed by atoms with van der Waals surface area (Å²) in [5.74, 6) is -1.62. The van der Waals surface area contributed by atoms with E-state index in [4.69, 9.17) is 5.73 Å². The van der Waals surface area contributed by atoms with Gasteiger partial charge in [-0.05, 0) is 48.7 Å². The Labute approximate surface area is 184 Å². The standard InChI is InChI=1S/C22H23FN4O4S/c23-17(6-7-24)13-26-14-25-21-19(11-16(22(28)29)12-20(21)26)15-4-3-5-18(10-15)32(30,31)27-8-1-2-9-27/h3-6,10-12,14H,1-2,7-9,13,24H2,(H,28,29). The number of nitrogens with zero attached hydrogens (tertiary/aromatic N) is 3. The van der Waals surface area contributed by atoms with Crippen molar-refractivity contribution in [1.29, 1.82) is 0 Å². The van der Waals surface area contributed by atoms with Gasteiger partial charge in [0.2, 0.25) is 10.0 Å². The lowest BCUT2D eigenvalue weighted by Gasteiger charge is -2.16. The maximum absolute atomic E-state index is 14.1. The third kappa shape index (κ3) is 4.16. The van der Waals surface area contributed by atoms with Crippen LogP contribution in [0.1, 0.15) is 23.2 Å². The van der Waals surface area contributed by atoms with Crippen molar-refractivity contribution in [3.63, 3.8) is 0 Å². The van der Waals surface area contributed by atoms with Gasteiger partial charge in [-0.1, -0.05) is 12.1 Å². The summed E-state index contributed by atoms with van der Waals surface area (Å²) in [7, 11) is -3.64. The molecular formula is C22H23FN4O4S. The van der Waals surface area contributed by atoms with Crippen LogP contribution in [0.4, 0.5) is 4.39 Å². The number of allylic oxidation sites excluding steroid dienone is 1. The topological polar surface area (TPSA) is 119 Å². The number of nitrogens with two attached hydrogens (primary N) is 1. The second kappa shape index (κ2) is 8.81. The maximum atomic E-state index is 14.1. The highest BCUT2D eigenvalue weighted by atomic mass is 32.2. The second-order valence-electron chi connectivity index (χ2n) is 7.59. The highest BCUT2D eigenvalue weighted by Gasteiger charge is 2.27. The molecule has 1 fully saturated rings. The van der Waals surface area contributed by atoms with Gasteiger partial charge >= 0.3 is 5.97 Å². The normalized spacial score (nSPS) is 15.5. The zero-order valence-electron chi connectivity index (χ0n) is 17.2. The van der Waals surface area contributed by atoms with E-state index in [1.165, 1.54) is 45.5 Å². The minimum absolute atomic E-state index is 0.00901. The molecule has 2 heterocycles. The Morgan fingerprint density at radius 3 is 2.66 bits per heavy atom. The Balaban J connectivity index is 1.85. The molecule has 0 unspecified atom stereocenters. The zero-order valence-corrected chi connectivity index (χ0v) is 18.1. The van der Waals surface area contributed by atoms with E-state index >= 15 is 0 Å². The van der Waals surface area contributed by atoms with Crippen LogP contribution < -0.4 is 5.73 Å². The summed E-state index contributed by atoms with van der Waals surface area (Å²) in [5.41, 5.74) is 7.20. The number of sulfonamides is 1. The summed E-state index contributed by atoms with van der Waals surface area (Å²) in [5, 5.41) is 9.60. The van der Waals surface area contributed by atoms with Crippen LogP contribution in [-0.4, -0.2) is 53.0 Å². The predicted molar refractivity (Wildman–Crippen MR) is 118 cm³/mol. The van der Waals surface area contributed by atoms with Crippen LogP contribution in [0.2, 0.25) is 0 Å². The molecule has 0 atom stereocenters. The van der Waals surface area contributed by atoms with Gasteiger partial charge in [0, 0.05) is 25.2 Å². The first-order chi connectivity index (χ1) is 15.3. The van der Waals surface area contributed by atoms with Crippen LogP contribution in [-0.2, 0) is 16.6 Å². The third-order valence-corrected chi connectivity index (χ3v) is 7.38. The van der Waals surface area contributed by atoms with Crippen LogP contribution in [0.25, 0.3) is 22.2 Å². The highest BCUT2D eigenvalue weighted by Crippen LogP contribution is 2.32. The van der Waals surface area contributed by atoms with E-state index in [9.17, 15) is 22.7 Å². The van der Waals surface area contributed by atoms with Gasteiger partial charge in [0.25, 0.3) is 0 Å². The van der Waals surface area contributed by atoms with Crippen LogP contribution in [0, 0.1) is 0 Å². The van der Waals surface area contributed by atoms with Gasteiger partial charge in [-0.25, -0.2) is 22.6 Å². The fraction of sp³-hybridized carbons (Fsp3) is 0.273. The SMILES string of the molecule is NCC=C(F)Cn1cnc2c(-c3cccc(S(=O)(=O)N4CCCC4)c3)cc(C(=O)O)cc21. The smallest absolute Gasteiger partial charge is 0.335 e. The van der Waals surface area contributed by atoms with Crippen LogP contribution in [0.15, 0.2) is 59.5 Å². The summed E-state index contributed by atoms with van der Waals surface area (Å²) in [6.07, 6.45) is 4.31. The number of carboxylic acids is 1. The molecule has 10 heteroatoms. The summed E-state index contributed by atoms with van der Waals surface area (Å²) in [6, 6.07) is 9.27. The quantitative estimate of drug-likeness (QED) is 0.562. The third-order valence-electron chi connectivity index (χ3n) is 5.48. The van der Waals surface area contributed by atoms with Gasteiger partial charge in [-0.3, -0.25) is 0 Å². The molecule has 0 amide bonds. The Morgan fingerprint density at radius 1 is 1.22 bits per heavy atom. The largest absolute Gasteiger partial charge is 0.478 e. The molecule has 0 bridgehead atoms. The van der Waals surface area contributed by atoms with E-state index in [2.05, 4.69) is 4.98 Å². The van der Waals surface area contributed by atoms with Gasteiger partial charge < -0.3 is 15.4 Å². The number of rotatable bonds is 7. The lowest BCUT2D eigenvalue weighted by Crippen LogP contribution is -2.27. The van der Waals surface area contributed by atoms with E-state index in [1.54, 1.807) is 12.1 Å². The van der Waals surface area contributed by atoms with Crippen LogP contribution in [0.5, 0.6) is 0 Å². The molecule has 4 rings (SSSR count). The molecule has 0 saturated carbocycles. The lowest BCUT2D eigenvalue weighted by molar-refractivity contribution is 0.0697. The van der Waals surface area contributed by atoms with Gasteiger partial charge in [-0.15, -0.1) is 0 Å². The molecule has 2 aromatic carbocycles. The molecule has 1 aromatic heterocycles. The summed E-state index contributed by atoms with van der Waals surface area (Å²) < 4.78 is 43.0. The Kier molecular flexibility index (Phi) is 6.09. The monoisotopic (exact) mass is 458 g/mol. The first-order valence-corrected chi connectivity index (χ1v) is 11.6. The maximum Gasteiger partial charge on any atom is 0.335 e. The fourth-order valence-electron chi connectivity index (χ4n) is 3.89. The number of carboxylic acid groups (broad SMARTS) is 1. The second-order valence-corrected chi connectivity index (χ2v) is 9.53. The summed E-state index contributed by atoms with van der Waals surface area (Å²) >= 11 is 0. The van der Waals surface area contributed by atoms with Crippen molar-refractivity contribution in [3.8, 4) is 11.1 Å². The van der Waals surface area contributed by atoms with Gasteiger partial charge in [0.1, 0.15) is 5.83 Å². The number of aromatic nitrogens is 2. The van der Waals surface area contributed by atoms with Crippen molar-refractivity contribution in [2.24, 2.45) is 5.73 Å². The van der Waals surface area contributed by atoms with Crippen molar-refractivity contribution < 1.29 is 22.7 Å². The van der Waals surface area contributed by atoms with Crippen molar-refractivity contribution in [2.45, 2.75) is 24.3 Å². The number of halogens is 1. The number of fused-ring (bicyclic) bond motifs is 1. The molecule has 0 aliphatic carbocycles. The molecule has 0 radical (unpaired) electrons. The average Bonchev–Trinajstić information content (AvgIpc) is 3.44. The number of aromatic carboxylic acids is 1. The van der Waals surface area contributed by atoms with E-state index in [0.717, 1.165) is 12.8 Å². The van der Waals surface area contributed by atoms with Crippen molar-refractivity contribution >= 4 is 27.0 Å². The highest BCUT2D eigenvalue weighted by molar-refractivity contribution is 7.89.